The number of carbonyl (C=O) groups is 3. The van der Waals surface area contributed by atoms with Crippen LogP contribution in [0.3, 0.4) is 0 Å². The Morgan fingerprint density at radius 2 is 1.93 bits per heavy atom. The second-order valence-electron chi connectivity index (χ2n) is 3.37. The van der Waals surface area contributed by atoms with E-state index in [-0.39, 0.29) is 12.8 Å². The molecule has 15 heavy (non-hydrogen) atoms. The highest BCUT2D eigenvalue weighted by molar-refractivity contribution is 6.19. The van der Waals surface area contributed by atoms with Gasteiger partial charge >= 0.3 is 6.03 Å². The van der Waals surface area contributed by atoms with Crippen LogP contribution in [0.25, 0.3) is 0 Å². The molecule has 5 heteroatoms. The number of carbonyl (C=O) groups excluding carboxylic acids is 3. The summed E-state index contributed by atoms with van der Waals surface area (Å²) in [6.45, 7) is -1.43. The zero-order valence-electron chi connectivity index (χ0n) is 13.3. The second kappa shape index (κ2) is 4.42. The summed E-state index contributed by atoms with van der Waals surface area (Å²) in [7, 11) is 0. The summed E-state index contributed by atoms with van der Waals surface area (Å²) in [6.07, 6.45) is -2.58. The summed E-state index contributed by atoms with van der Waals surface area (Å²) in [5, 5.41) is 3.58. The van der Waals surface area contributed by atoms with Crippen molar-refractivity contribution in [3.05, 3.63) is 0 Å². The highest BCUT2D eigenvalue weighted by Crippen LogP contribution is 2.31. The van der Waals surface area contributed by atoms with Crippen LogP contribution in [-0.2, 0) is 9.59 Å². The van der Waals surface area contributed by atoms with Crippen LogP contribution in [0.1, 0.15) is 46.3 Å². The van der Waals surface area contributed by atoms with Crippen LogP contribution in [0, 0.1) is 5.41 Å². The first kappa shape index (κ1) is 6.25. The van der Waals surface area contributed by atoms with Gasteiger partial charge in [0.05, 0.1) is 0 Å². The Hall–Kier alpha value is -1.39. The molecule has 0 aliphatic carbocycles. The second-order valence-corrected chi connectivity index (χ2v) is 3.37. The molecule has 84 valence electrons. The molecule has 0 aromatic heterocycles. The smallest absolute Gasteiger partial charge is 0.277 e. The van der Waals surface area contributed by atoms with Crippen LogP contribution in [0.4, 0.5) is 4.79 Å². The van der Waals surface area contributed by atoms with Crippen LogP contribution in [0.5, 0.6) is 0 Å². The molecular formula is C10H16N2O3. The van der Waals surface area contributed by atoms with Gasteiger partial charge in [-0.25, -0.2) is 4.79 Å². The number of amides is 4. The average Bonchev–Trinajstić information content (AvgIpc) is 2.26. The highest BCUT2D eigenvalue weighted by atomic mass is 16.2. The molecule has 0 spiro atoms. The van der Waals surface area contributed by atoms with Gasteiger partial charge < -0.3 is 0 Å². The van der Waals surface area contributed by atoms with E-state index < -0.39 is 36.5 Å². The SMILES string of the molecule is [2H]C([2H])([2H])C([2H])([2H])C1(CCCC)C(=O)NC(=O)NC1=O. The maximum atomic E-state index is 12.1. The zero-order valence-corrected chi connectivity index (χ0v) is 8.35. The maximum Gasteiger partial charge on any atom is 0.328 e. The number of hydrogen-bond acceptors (Lipinski definition) is 3. The van der Waals surface area contributed by atoms with Crippen molar-refractivity contribution in [3.63, 3.8) is 0 Å². The first-order chi connectivity index (χ1) is 9.00. The van der Waals surface area contributed by atoms with E-state index in [0.29, 0.717) is 6.42 Å². The standard InChI is InChI=1S/C10H16N2O3/c1-3-5-6-10(4-2)7(13)11-9(15)12-8(10)14/h3-6H2,1-2H3,(H2,11,12,13,14,15)/i2D3,4D2. The minimum Gasteiger partial charge on any atom is -0.277 e. The highest BCUT2D eigenvalue weighted by Gasteiger charge is 2.47. The van der Waals surface area contributed by atoms with Crippen LogP contribution in [-0.4, -0.2) is 17.8 Å². The van der Waals surface area contributed by atoms with Crippen molar-refractivity contribution in [3.8, 4) is 0 Å². The molecule has 0 aromatic rings. The third-order valence-electron chi connectivity index (χ3n) is 2.35. The topological polar surface area (TPSA) is 75.3 Å². The zero-order chi connectivity index (χ0) is 15.8. The Bertz CT molecular complexity index is 427. The minimum atomic E-state index is -3.18. The lowest BCUT2D eigenvalue weighted by molar-refractivity contribution is -0.145. The molecule has 1 aliphatic heterocycles. The van der Waals surface area contributed by atoms with E-state index in [1.807, 2.05) is 0 Å². The lowest BCUT2D eigenvalue weighted by Crippen LogP contribution is -2.62. The lowest BCUT2D eigenvalue weighted by atomic mass is 9.77. The normalized spacial score (nSPS) is 26.5. The molecule has 2 N–H and O–H groups in total. The molecule has 1 heterocycles. The molecule has 0 atom stereocenters. The Morgan fingerprint density at radius 3 is 2.40 bits per heavy atom. The quantitative estimate of drug-likeness (QED) is 0.688. The van der Waals surface area contributed by atoms with Crippen LogP contribution >= 0.6 is 0 Å². The Balaban J connectivity index is 3.40. The van der Waals surface area contributed by atoms with E-state index >= 15 is 0 Å². The van der Waals surface area contributed by atoms with E-state index in [1.165, 1.54) is 0 Å². The fourth-order valence-corrected chi connectivity index (χ4v) is 1.40. The van der Waals surface area contributed by atoms with Crippen molar-refractivity contribution in [2.75, 3.05) is 0 Å². The van der Waals surface area contributed by atoms with Crippen molar-refractivity contribution in [2.24, 2.45) is 5.41 Å². The molecule has 1 fully saturated rings. The third kappa shape index (κ3) is 2.00. The number of imide groups is 2. The minimum absolute atomic E-state index is 0.268. The summed E-state index contributed by atoms with van der Waals surface area (Å²) in [4.78, 5) is 35.2. The van der Waals surface area contributed by atoms with Crippen LogP contribution in [0.15, 0.2) is 0 Å². The van der Waals surface area contributed by atoms with Gasteiger partial charge in [0.15, 0.2) is 0 Å². The number of hydrogen-bond donors (Lipinski definition) is 2. The summed E-state index contributed by atoms with van der Waals surface area (Å²) in [5.41, 5.74) is -2.44. The van der Waals surface area contributed by atoms with E-state index in [0.717, 1.165) is 0 Å². The molecule has 0 saturated carbocycles. The summed E-state index contributed by atoms with van der Waals surface area (Å²) in [6, 6.07) is -1.08. The van der Waals surface area contributed by atoms with Crippen molar-refractivity contribution in [2.45, 2.75) is 39.4 Å². The molecule has 0 unspecified atom stereocenters. The summed E-state index contributed by atoms with van der Waals surface area (Å²) in [5.74, 6) is -2.42. The van der Waals surface area contributed by atoms with Gasteiger partial charge in [-0.1, -0.05) is 26.6 Å². The van der Waals surface area contributed by atoms with Crippen molar-refractivity contribution in [1.82, 2.24) is 10.6 Å². The van der Waals surface area contributed by atoms with Gasteiger partial charge in [-0.3, -0.25) is 20.2 Å². The van der Waals surface area contributed by atoms with Gasteiger partial charge in [0.25, 0.3) is 0 Å². The van der Waals surface area contributed by atoms with Gasteiger partial charge in [-0.2, -0.15) is 0 Å². The predicted molar refractivity (Wildman–Crippen MR) is 53.9 cm³/mol. The molecule has 4 amide bonds. The first-order valence-corrected chi connectivity index (χ1v) is 4.67. The Kier molecular flexibility index (Phi) is 1.84. The van der Waals surface area contributed by atoms with Gasteiger partial charge in [-0.05, 0) is 12.8 Å². The van der Waals surface area contributed by atoms with E-state index in [1.54, 1.807) is 17.6 Å². The molecule has 0 radical (unpaired) electrons. The van der Waals surface area contributed by atoms with E-state index in [2.05, 4.69) is 0 Å². The third-order valence-corrected chi connectivity index (χ3v) is 2.35. The maximum absolute atomic E-state index is 12.1. The summed E-state index contributed by atoms with van der Waals surface area (Å²) >= 11 is 0. The number of unbranched alkanes of at least 4 members (excludes halogenated alkanes) is 1. The van der Waals surface area contributed by atoms with Crippen molar-refractivity contribution in [1.29, 1.82) is 0 Å². The van der Waals surface area contributed by atoms with Crippen molar-refractivity contribution < 1.29 is 21.2 Å². The van der Waals surface area contributed by atoms with Gasteiger partial charge in [-0.15, -0.1) is 0 Å². The largest absolute Gasteiger partial charge is 0.328 e. The molecule has 1 saturated heterocycles. The summed E-state index contributed by atoms with van der Waals surface area (Å²) < 4.78 is 37.4. The molecule has 1 aliphatic rings. The first-order valence-electron chi connectivity index (χ1n) is 7.17. The number of barbiturate groups is 1. The Labute approximate surface area is 95.6 Å². The van der Waals surface area contributed by atoms with Crippen LogP contribution in [0.2, 0.25) is 0 Å². The Morgan fingerprint density at radius 1 is 1.33 bits per heavy atom. The molecule has 1 rings (SSSR count). The molecule has 0 aromatic carbocycles. The molecular weight excluding hydrogens is 196 g/mol. The van der Waals surface area contributed by atoms with E-state index in [4.69, 9.17) is 6.85 Å². The van der Waals surface area contributed by atoms with Gasteiger partial charge in [0, 0.05) is 6.85 Å². The molecule has 0 bridgehead atoms. The van der Waals surface area contributed by atoms with Gasteiger partial charge in [0.2, 0.25) is 11.8 Å². The van der Waals surface area contributed by atoms with E-state index in [9.17, 15) is 14.4 Å². The average molecular weight is 217 g/mol. The number of rotatable bonds is 4. The van der Waals surface area contributed by atoms with Crippen LogP contribution < -0.4 is 10.6 Å². The fourth-order valence-electron chi connectivity index (χ4n) is 1.40. The monoisotopic (exact) mass is 217 g/mol. The lowest BCUT2D eigenvalue weighted by Gasteiger charge is -2.32. The number of urea groups is 1. The van der Waals surface area contributed by atoms with Gasteiger partial charge in [0.1, 0.15) is 5.41 Å². The molecule has 5 nitrogen and oxygen atoms in total. The predicted octanol–water partition coefficient (Wildman–Crippen LogP) is 0.939. The number of nitrogens with one attached hydrogen (secondary N) is 2. The fraction of sp³-hybridized carbons (Fsp3) is 0.700. The van der Waals surface area contributed by atoms with Crippen molar-refractivity contribution >= 4 is 17.8 Å².